The maximum atomic E-state index is 9.43. The molecule has 0 aliphatic carbocycles. The number of hydrogen-bond acceptors (Lipinski definition) is 1. The Bertz CT molecular complexity index is 113. The summed E-state index contributed by atoms with van der Waals surface area (Å²) in [4.78, 5) is 0. The molecular weight excluding hydrogens is 128 g/mol. The molecule has 0 aromatic heterocycles. The standard InChI is InChI=1S/C7H16OSi/c1-6(2)7(8)9(3,4)5/h7-8H,1H2,2-5H3/t7-/m1/s1. The van der Waals surface area contributed by atoms with Crippen LogP contribution in [0.25, 0.3) is 0 Å². The highest BCUT2D eigenvalue weighted by Crippen LogP contribution is 2.12. The van der Waals surface area contributed by atoms with Crippen LogP contribution in [0.5, 0.6) is 0 Å². The fraction of sp³-hybridized carbons (Fsp3) is 0.714. The third-order valence-electron chi connectivity index (χ3n) is 1.29. The van der Waals surface area contributed by atoms with Crippen LogP contribution in [0.2, 0.25) is 19.6 Å². The summed E-state index contributed by atoms with van der Waals surface area (Å²) in [6.07, 6.45) is 0. The molecule has 0 amide bonds. The third kappa shape index (κ3) is 2.82. The number of hydrogen-bond donors (Lipinski definition) is 1. The van der Waals surface area contributed by atoms with Crippen LogP contribution < -0.4 is 0 Å². The van der Waals surface area contributed by atoms with Crippen molar-refractivity contribution in [1.82, 2.24) is 0 Å². The second-order valence-corrected chi connectivity index (χ2v) is 8.89. The van der Waals surface area contributed by atoms with Gasteiger partial charge in [0.1, 0.15) is 0 Å². The van der Waals surface area contributed by atoms with Crippen molar-refractivity contribution in [3.8, 4) is 0 Å². The van der Waals surface area contributed by atoms with Crippen molar-refractivity contribution in [3.05, 3.63) is 12.2 Å². The highest BCUT2D eigenvalue weighted by molar-refractivity contribution is 6.77. The predicted molar refractivity (Wildman–Crippen MR) is 44.2 cm³/mol. The van der Waals surface area contributed by atoms with Crippen molar-refractivity contribution in [3.63, 3.8) is 0 Å². The first-order valence-corrected chi connectivity index (χ1v) is 6.77. The second kappa shape index (κ2) is 2.67. The Hall–Kier alpha value is -0.0831. The van der Waals surface area contributed by atoms with Crippen LogP contribution in [0.15, 0.2) is 12.2 Å². The fourth-order valence-electron chi connectivity index (χ4n) is 0.739. The number of rotatable bonds is 2. The Morgan fingerprint density at radius 3 is 1.78 bits per heavy atom. The van der Waals surface area contributed by atoms with Gasteiger partial charge in [0.15, 0.2) is 0 Å². The topological polar surface area (TPSA) is 20.2 Å². The SMILES string of the molecule is C=C(C)[C@H](O)[Si](C)(C)C. The van der Waals surface area contributed by atoms with Crippen LogP contribution in [-0.4, -0.2) is 18.9 Å². The first kappa shape index (κ1) is 8.92. The van der Waals surface area contributed by atoms with Crippen molar-refractivity contribution in [2.24, 2.45) is 0 Å². The minimum Gasteiger partial charge on any atom is -0.392 e. The summed E-state index contributed by atoms with van der Waals surface area (Å²) in [5, 5.41) is 9.43. The van der Waals surface area contributed by atoms with E-state index < -0.39 is 8.07 Å². The summed E-state index contributed by atoms with van der Waals surface area (Å²) >= 11 is 0. The molecule has 0 spiro atoms. The molecular formula is C7H16OSi. The van der Waals surface area contributed by atoms with E-state index in [2.05, 4.69) is 26.2 Å². The van der Waals surface area contributed by atoms with Gasteiger partial charge < -0.3 is 5.11 Å². The van der Waals surface area contributed by atoms with Gasteiger partial charge in [0.25, 0.3) is 0 Å². The highest BCUT2D eigenvalue weighted by Gasteiger charge is 2.24. The normalized spacial score (nSPS) is 15.2. The van der Waals surface area contributed by atoms with E-state index in [1.807, 2.05) is 6.92 Å². The highest BCUT2D eigenvalue weighted by atomic mass is 28.3. The van der Waals surface area contributed by atoms with E-state index in [1.165, 1.54) is 0 Å². The van der Waals surface area contributed by atoms with E-state index in [4.69, 9.17) is 0 Å². The van der Waals surface area contributed by atoms with E-state index in [0.29, 0.717) is 0 Å². The summed E-state index contributed by atoms with van der Waals surface area (Å²) < 4.78 is 0. The van der Waals surface area contributed by atoms with Crippen molar-refractivity contribution in [2.75, 3.05) is 0 Å². The van der Waals surface area contributed by atoms with E-state index in [1.54, 1.807) is 0 Å². The summed E-state index contributed by atoms with van der Waals surface area (Å²) in [7, 11) is -1.37. The molecule has 0 saturated heterocycles. The maximum absolute atomic E-state index is 9.43. The molecule has 0 unspecified atom stereocenters. The maximum Gasteiger partial charge on any atom is 0.0834 e. The van der Waals surface area contributed by atoms with Crippen molar-refractivity contribution >= 4 is 8.07 Å². The van der Waals surface area contributed by atoms with Crippen LogP contribution in [0.3, 0.4) is 0 Å². The molecule has 9 heavy (non-hydrogen) atoms. The fourth-order valence-corrected chi connectivity index (χ4v) is 2.22. The lowest BCUT2D eigenvalue weighted by Crippen LogP contribution is -2.38. The lowest BCUT2D eigenvalue weighted by Gasteiger charge is -2.23. The summed E-state index contributed by atoms with van der Waals surface area (Å²) in [6.45, 7) is 12.0. The Morgan fingerprint density at radius 1 is 1.44 bits per heavy atom. The Morgan fingerprint density at radius 2 is 1.78 bits per heavy atom. The average molecular weight is 144 g/mol. The average Bonchev–Trinajstić information content (AvgIpc) is 1.62. The molecule has 1 atom stereocenters. The molecule has 0 aromatic carbocycles. The molecule has 0 heterocycles. The van der Waals surface area contributed by atoms with Gasteiger partial charge in [-0.05, 0) is 6.92 Å². The summed E-state index contributed by atoms with van der Waals surface area (Å²) in [6, 6.07) is 0. The first-order valence-electron chi connectivity index (χ1n) is 3.19. The van der Waals surface area contributed by atoms with Gasteiger partial charge in [-0.25, -0.2) is 0 Å². The molecule has 0 aliphatic heterocycles. The zero-order valence-corrected chi connectivity index (χ0v) is 7.73. The van der Waals surface area contributed by atoms with Gasteiger partial charge in [-0.2, -0.15) is 0 Å². The van der Waals surface area contributed by atoms with Gasteiger partial charge >= 0.3 is 0 Å². The van der Waals surface area contributed by atoms with Crippen LogP contribution in [0.1, 0.15) is 6.92 Å². The zero-order chi connectivity index (χ0) is 7.65. The van der Waals surface area contributed by atoms with E-state index >= 15 is 0 Å². The van der Waals surface area contributed by atoms with E-state index in [9.17, 15) is 5.11 Å². The van der Waals surface area contributed by atoms with Crippen LogP contribution >= 0.6 is 0 Å². The molecule has 0 saturated carbocycles. The van der Waals surface area contributed by atoms with Gasteiger partial charge in [0.2, 0.25) is 0 Å². The third-order valence-corrected chi connectivity index (χ3v) is 3.42. The van der Waals surface area contributed by atoms with Gasteiger partial charge in [-0.3, -0.25) is 0 Å². The molecule has 54 valence electrons. The van der Waals surface area contributed by atoms with Gasteiger partial charge in [0, 0.05) is 0 Å². The summed E-state index contributed by atoms with van der Waals surface area (Å²) in [5.74, 6) is 0. The molecule has 0 aliphatic rings. The van der Waals surface area contributed by atoms with Crippen LogP contribution in [0.4, 0.5) is 0 Å². The van der Waals surface area contributed by atoms with Gasteiger partial charge in [-0.1, -0.05) is 31.8 Å². The Balaban J connectivity index is 4.04. The molecule has 2 heteroatoms. The summed E-state index contributed by atoms with van der Waals surface area (Å²) in [5.41, 5.74) is 0.659. The van der Waals surface area contributed by atoms with Crippen molar-refractivity contribution < 1.29 is 5.11 Å². The van der Waals surface area contributed by atoms with Crippen molar-refractivity contribution in [1.29, 1.82) is 0 Å². The lowest BCUT2D eigenvalue weighted by molar-refractivity contribution is 0.279. The van der Waals surface area contributed by atoms with Crippen LogP contribution in [0, 0.1) is 0 Å². The lowest BCUT2D eigenvalue weighted by atomic mass is 10.4. The van der Waals surface area contributed by atoms with E-state index in [-0.39, 0.29) is 5.73 Å². The molecule has 0 bridgehead atoms. The minimum atomic E-state index is -1.37. The van der Waals surface area contributed by atoms with Gasteiger partial charge in [-0.15, -0.1) is 0 Å². The van der Waals surface area contributed by atoms with Crippen molar-refractivity contribution in [2.45, 2.75) is 32.3 Å². The second-order valence-electron chi connectivity index (χ2n) is 3.61. The zero-order valence-electron chi connectivity index (χ0n) is 6.73. The van der Waals surface area contributed by atoms with Gasteiger partial charge in [0.05, 0.1) is 13.8 Å². The van der Waals surface area contributed by atoms with E-state index in [0.717, 1.165) is 5.57 Å². The molecule has 1 N–H and O–H groups in total. The number of aliphatic hydroxyl groups excluding tert-OH is 1. The Labute approximate surface area is 58.4 Å². The molecule has 0 rings (SSSR count). The quantitative estimate of drug-likeness (QED) is 0.463. The Kier molecular flexibility index (Phi) is 2.64. The number of aliphatic hydroxyl groups is 1. The molecule has 1 nitrogen and oxygen atoms in total. The largest absolute Gasteiger partial charge is 0.392 e. The van der Waals surface area contributed by atoms with Crippen LogP contribution in [-0.2, 0) is 0 Å². The monoisotopic (exact) mass is 144 g/mol. The first-order chi connectivity index (χ1) is 3.85. The minimum absolute atomic E-state index is 0.238. The molecule has 0 aromatic rings. The predicted octanol–water partition coefficient (Wildman–Crippen LogP) is 1.80. The smallest absolute Gasteiger partial charge is 0.0834 e. The molecule has 0 fully saturated rings. The molecule has 0 radical (unpaired) electrons.